The number of ether oxygens (including phenoxy) is 2. The molecule has 0 spiro atoms. The van der Waals surface area contributed by atoms with Crippen molar-refractivity contribution >= 4 is 23.6 Å². The van der Waals surface area contributed by atoms with E-state index in [0.717, 1.165) is 28.1 Å². The normalized spacial score (nSPS) is 11.1. The molecule has 0 aliphatic heterocycles. The van der Waals surface area contributed by atoms with Gasteiger partial charge in [-0.05, 0) is 68.7 Å². The van der Waals surface area contributed by atoms with Crippen molar-refractivity contribution in [3.8, 4) is 6.07 Å². The first kappa shape index (κ1) is 22.9. The number of hydrogen-bond acceptors (Lipinski definition) is 5. The average molecular weight is 409 g/mol. The minimum atomic E-state index is -0.838. The van der Waals surface area contributed by atoms with E-state index in [9.17, 15) is 14.9 Å². The number of anilines is 1. The van der Waals surface area contributed by atoms with E-state index in [1.54, 1.807) is 7.11 Å². The van der Waals surface area contributed by atoms with Crippen LogP contribution in [0.3, 0.4) is 0 Å². The Bertz CT molecular complexity index is 992. The van der Waals surface area contributed by atoms with Crippen LogP contribution in [0.1, 0.15) is 28.1 Å². The van der Waals surface area contributed by atoms with Crippen LogP contribution in [0.15, 0.2) is 29.8 Å². The van der Waals surface area contributed by atoms with Gasteiger partial charge in [-0.2, -0.15) is 5.26 Å². The molecule has 0 aliphatic carbocycles. The summed E-state index contributed by atoms with van der Waals surface area (Å²) in [6, 6.07) is 9.39. The lowest BCUT2D eigenvalue weighted by Gasteiger charge is -2.09. The molecule has 0 bridgehead atoms. The van der Waals surface area contributed by atoms with Crippen LogP contribution in [0.2, 0.25) is 0 Å². The van der Waals surface area contributed by atoms with Crippen LogP contribution in [0.4, 0.5) is 5.69 Å². The van der Waals surface area contributed by atoms with Crippen LogP contribution >= 0.6 is 0 Å². The highest BCUT2D eigenvalue weighted by Crippen LogP contribution is 2.19. The second kappa shape index (κ2) is 10.4. The maximum absolute atomic E-state index is 12.3. The molecule has 2 aromatic rings. The number of nitrogens with one attached hydrogen (secondary N) is 1. The van der Waals surface area contributed by atoms with E-state index in [1.165, 1.54) is 6.08 Å². The third-order valence-electron chi connectivity index (χ3n) is 4.61. The first-order valence-corrected chi connectivity index (χ1v) is 9.58. The van der Waals surface area contributed by atoms with Gasteiger partial charge >= 0.3 is 5.97 Å². The Morgan fingerprint density at radius 2 is 1.80 bits per heavy atom. The van der Waals surface area contributed by atoms with E-state index in [1.807, 2.05) is 62.6 Å². The topological polar surface area (TPSA) is 93.3 Å². The van der Waals surface area contributed by atoms with Gasteiger partial charge < -0.3 is 19.4 Å². The van der Waals surface area contributed by atoms with Gasteiger partial charge in [0.1, 0.15) is 11.6 Å². The molecule has 0 fully saturated rings. The summed E-state index contributed by atoms with van der Waals surface area (Å²) in [6.45, 7) is 8.47. The van der Waals surface area contributed by atoms with E-state index in [0.29, 0.717) is 18.8 Å². The van der Waals surface area contributed by atoms with Crippen LogP contribution in [-0.4, -0.2) is 36.8 Å². The molecule has 1 heterocycles. The Hall–Kier alpha value is -3.37. The molecule has 0 saturated heterocycles. The zero-order valence-corrected chi connectivity index (χ0v) is 18.0. The number of aromatic nitrogens is 1. The molecule has 1 amide bonds. The van der Waals surface area contributed by atoms with Gasteiger partial charge in [0.2, 0.25) is 0 Å². The summed E-state index contributed by atoms with van der Waals surface area (Å²) in [7, 11) is 1.63. The molecule has 30 heavy (non-hydrogen) atoms. The Kier molecular flexibility index (Phi) is 7.96. The van der Waals surface area contributed by atoms with Gasteiger partial charge in [-0.25, -0.2) is 4.79 Å². The maximum atomic E-state index is 12.3. The summed E-state index contributed by atoms with van der Waals surface area (Å²) < 4.78 is 12.2. The first-order chi connectivity index (χ1) is 14.2. The van der Waals surface area contributed by atoms with E-state index in [2.05, 4.69) is 5.32 Å². The summed E-state index contributed by atoms with van der Waals surface area (Å²) in [5.74, 6) is -1.31. The first-order valence-electron chi connectivity index (χ1n) is 9.58. The van der Waals surface area contributed by atoms with Crippen LogP contribution < -0.4 is 5.32 Å². The predicted molar refractivity (Wildman–Crippen MR) is 115 cm³/mol. The fourth-order valence-corrected chi connectivity index (χ4v) is 3.25. The summed E-state index contributed by atoms with van der Waals surface area (Å²) >= 11 is 0. The van der Waals surface area contributed by atoms with Crippen molar-refractivity contribution in [2.24, 2.45) is 0 Å². The van der Waals surface area contributed by atoms with Crippen molar-refractivity contribution in [3.63, 3.8) is 0 Å². The second-order valence-corrected chi connectivity index (χ2v) is 7.14. The number of aryl methyl sites for hydroxylation is 3. The van der Waals surface area contributed by atoms with Crippen LogP contribution in [0, 0.1) is 39.0 Å². The van der Waals surface area contributed by atoms with Gasteiger partial charge in [0, 0.05) is 30.7 Å². The summed E-state index contributed by atoms with van der Waals surface area (Å²) in [6.07, 6.45) is 1.48. The molecule has 1 aromatic heterocycles. The van der Waals surface area contributed by atoms with E-state index < -0.39 is 18.5 Å². The molecule has 7 nitrogen and oxygen atoms in total. The van der Waals surface area contributed by atoms with Crippen LogP contribution in [-0.2, 0) is 25.6 Å². The largest absolute Gasteiger partial charge is 0.451 e. The molecule has 0 radical (unpaired) electrons. The minimum absolute atomic E-state index is 0.166. The number of nitriles is 1. The number of rotatable bonds is 8. The van der Waals surface area contributed by atoms with Crippen molar-refractivity contribution in [3.05, 3.63) is 57.9 Å². The number of carbonyl (C=O) groups excluding carboxylic acids is 2. The van der Waals surface area contributed by atoms with Crippen molar-refractivity contribution in [1.29, 1.82) is 5.26 Å². The molecule has 0 unspecified atom stereocenters. The predicted octanol–water partition coefficient (Wildman–Crippen LogP) is 3.46. The Morgan fingerprint density at radius 1 is 1.13 bits per heavy atom. The highest BCUT2D eigenvalue weighted by Gasteiger charge is 2.16. The molecular weight excluding hydrogens is 382 g/mol. The van der Waals surface area contributed by atoms with E-state index in [4.69, 9.17) is 9.47 Å². The van der Waals surface area contributed by atoms with Crippen molar-refractivity contribution in [1.82, 2.24) is 4.57 Å². The zero-order valence-electron chi connectivity index (χ0n) is 18.0. The third kappa shape index (κ3) is 6.06. The van der Waals surface area contributed by atoms with Gasteiger partial charge in [-0.3, -0.25) is 4.79 Å². The van der Waals surface area contributed by atoms with Crippen LogP contribution in [0.25, 0.3) is 6.08 Å². The van der Waals surface area contributed by atoms with E-state index >= 15 is 0 Å². The highest BCUT2D eigenvalue weighted by atomic mass is 16.5. The lowest BCUT2D eigenvalue weighted by atomic mass is 10.1. The summed E-state index contributed by atoms with van der Waals surface area (Å²) in [5, 5.41) is 12.1. The zero-order chi connectivity index (χ0) is 22.3. The molecule has 2 rings (SSSR count). The number of benzene rings is 1. The lowest BCUT2D eigenvalue weighted by molar-refractivity contribution is -0.142. The number of methoxy groups -OCH3 is 1. The second-order valence-electron chi connectivity index (χ2n) is 7.14. The standard InChI is InChI=1S/C23H27N3O4/c1-15-8-16(2)10-21(9-15)25-22(27)14-30-23(28)20(13-24)12-19-11-17(3)26(18(19)4)6-7-29-5/h8-12H,6-7,14H2,1-5H3,(H,25,27)/b20-12+. The van der Waals surface area contributed by atoms with Gasteiger partial charge in [-0.15, -0.1) is 0 Å². The van der Waals surface area contributed by atoms with Gasteiger partial charge in [0.05, 0.1) is 6.61 Å². The number of amides is 1. The van der Waals surface area contributed by atoms with Crippen LogP contribution in [0.5, 0.6) is 0 Å². The lowest BCUT2D eigenvalue weighted by Crippen LogP contribution is -2.21. The van der Waals surface area contributed by atoms with Gasteiger partial charge in [-0.1, -0.05) is 6.07 Å². The van der Waals surface area contributed by atoms with Gasteiger partial charge in [0.15, 0.2) is 6.61 Å². The molecular formula is C23H27N3O4. The molecule has 1 aromatic carbocycles. The molecule has 0 saturated carbocycles. The Labute approximate surface area is 176 Å². The summed E-state index contributed by atoms with van der Waals surface area (Å²) in [5.41, 5.74) is 5.15. The Morgan fingerprint density at radius 3 is 2.40 bits per heavy atom. The molecule has 0 atom stereocenters. The fourth-order valence-electron chi connectivity index (χ4n) is 3.25. The van der Waals surface area contributed by atoms with E-state index in [-0.39, 0.29) is 5.57 Å². The average Bonchev–Trinajstić information content (AvgIpc) is 2.94. The number of nitrogens with zero attached hydrogens (tertiary/aromatic N) is 2. The smallest absolute Gasteiger partial charge is 0.349 e. The number of hydrogen-bond donors (Lipinski definition) is 1. The SMILES string of the molecule is COCCn1c(C)cc(/C=C(\C#N)C(=O)OCC(=O)Nc2cc(C)cc(C)c2)c1C. The van der Waals surface area contributed by atoms with Gasteiger partial charge in [0.25, 0.3) is 5.91 Å². The quantitative estimate of drug-likeness (QED) is 0.409. The van der Waals surface area contributed by atoms with Crippen molar-refractivity contribution in [2.45, 2.75) is 34.2 Å². The molecule has 1 N–H and O–H groups in total. The number of esters is 1. The monoisotopic (exact) mass is 409 g/mol. The third-order valence-corrected chi connectivity index (χ3v) is 4.61. The van der Waals surface area contributed by atoms with Crippen molar-refractivity contribution in [2.75, 3.05) is 25.6 Å². The molecule has 7 heteroatoms. The minimum Gasteiger partial charge on any atom is -0.451 e. The Balaban J connectivity index is 2.04. The number of carbonyl (C=O) groups is 2. The molecule has 158 valence electrons. The highest BCUT2D eigenvalue weighted by molar-refractivity contribution is 6.00. The fraction of sp³-hybridized carbons (Fsp3) is 0.348. The van der Waals surface area contributed by atoms with Crippen molar-refractivity contribution < 1.29 is 19.1 Å². The molecule has 0 aliphatic rings. The summed E-state index contributed by atoms with van der Waals surface area (Å²) in [4.78, 5) is 24.4. The maximum Gasteiger partial charge on any atom is 0.349 e.